The number of benzene rings is 2. The van der Waals surface area contributed by atoms with Crippen LogP contribution in [0.25, 0.3) is 22.8 Å². The van der Waals surface area contributed by atoms with E-state index in [1.807, 2.05) is 49.4 Å². The van der Waals surface area contributed by atoms with Crippen LogP contribution in [0.1, 0.15) is 6.92 Å². The topological polar surface area (TPSA) is 60.0 Å². The van der Waals surface area contributed by atoms with Gasteiger partial charge in [-0.15, -0.1) is 0 Å². The molecule has 1 aliphatic rings. The summed E-state index contributed by atoms with van der Waals surface area (Å²) in [6.07, 6.45) is 1.72. The first-order valence-corrected chi connectivity index (χ1v) is 7.39. The van der Waals surface area contributed by atoms with Crippen LogP contribution >= 0.6 is 0 Å². The van der Waals surface area contributed by atoms with Crippen molar-refractivity contribution in [1.82, 2.24) is 4.98 Å². The molecular weight excluding hydrogens is 290 g/mol. The van der Waals surface area contributed by atoms with Crippen molar-refractivity contribution >= 4 is 0 Å². The van der Waals surface area contributed by atoms with Crippen LogP contribution < -0.4 is 15.5 Å². The zero-order valence-electron chi connectivity index (χ0n) is 12.9. The van der Waals surface area contributed by atoms with Gasteiger partial charge < -0.3 is 9.15 Å². The number of methoxy groups -OCH3 is 1. The molecule has 23 heavy (non-hydrogen) atoms. The molecule has 0 amide bonds. The molecule has 1 aromatic heterocycles. The van der Waals surface area contributed by atoms with Gasteiger partial charge in [-0.1, -0.05) is 0 Å². The second kappa shape index (κ2) is 5.35. The lowest BCUT2D eigenvalue weighted by molar-refractivity contribution is 0.415. The Kier molecular flexibility index (Phi) is 3.19. The number of hydrogen-bond acceptors (Lipinski definition) is 5. The highest BCUT2D eigenvalue weighted by Gasteiger charge is 2.11. The van der Waals surface area contributed by atoms with Crippen molar-refractivity contribution in [2.24, 2.45) is 9.98 Å². The van der Waals surface area contributed by atoms with Gasteiger partial charge in [0, 0.05) is 11.1 Å². The van der Waals surface area contributed by atoms with Crippen molar-refractivity contribution in [2.75, 3.05) is 7.11 Å². The smallest absolute Gasteiger partial charge is 0.226 e. The molecule has 0 saturated carbocycles. The number of fused-ring (bicyclic) bond motifs is 1. The Bertz CT molecular complexity index is 974. The Morgan fingerprint density at radius 1 is 0.957 bits per heavy atom. The minimum Gasteiger partial charge on any atom is -0.497 e. The Labute approximate surface area is 133 Å². The molecule has 0 spiro atoms. The summed E-state index contributed by atoms with van der Waals surface area (Å²) in [6, 6.07) is 13.6. The summed E-state index contributed by atoms with van der Waals surface area (Å²) in [4.78, 5) is 13.3. The summed E-state index contributed by atoms with van der Waals surface area (Å²) in [5, 5.41) is 1.81. The summed E-state index contributed by atoms with van der Waals surface area (Å²) >= 11 is 0. The van der Waals surface area contributed by atoms with Gasteiger partial charge in [-0.05, 0) is 49.4 Å². The molecule has 5 heteroatoms. The largest absolute Gasteiger partial charge is 0.497 e. The lowest BCUT2D eigenvalue weighted by atomic mass is 10.2. The van der Waals surface area contributed by atoms with Crippen molar-refractivity contribution in [3.63, 3.8) is 0 Å². The van der Waals surface area contributed by atoms with E-state index in [1.165, 1.54) is 0 Å². The summed E-state index contributed by atoms with van der Waals surface area (Å²) in [7, 11) is 1.65. The van der Waals surface area contributed by atoms with E-state index in [0.717, 1.165) is 33.4 Å². The molecule has 114 valence electrons. The Morgan fingerprint density at radius 2 is 1.70 bits per heavy atom. The fourth-order valence-electron chi connectivity index (χ4n) is 2.60. The fraction of sp³-hybridized carbons (Fsp3) is 0.167. The summed E-state index contributed by atoms with van der Waals surface area (Å²) < 4.78 is 11.1. The maximum Gasteiger partial charge on any atom is 0.226 e. The van der Waals surface area contributed by atoms with E-state index in [-0.39, 0.29) is 6.17 Å². The predicted molar refractivity (Wildman–Crippen MR) is 85.7 cm³/mol. The molecule has 5 nitrogen and oxygen atoms in total. The van der Waals surface area contributed by atoms with Crippen LogP contribution in [-0.4, -0.2) is 18.3 Å². The lowest BCUT2D eigenvalue weighted by Crippen LogP contribution is -2.20. The zero-order chi connectivity index (χ0) is 15.8. The van der Waals surface area contributed by atoms with Crippen LogP contribution in [0.15, 0.2) is 63.1 Å². The predicted octanol–water partition coefficient (Wildman–Crippen LogP) is 2.62. The van der Waals surface area contributed by atoms with Gasteiger partial charge in [0.25, 0.3) is 0 Å². The first-order chi connectivity index (χ1) is 11.2. The number of rotatable bonds is 3. The molecule has 2 heterocycles. The summed E-state index contributed by atoms with van der Waals surface area (Å²) in [5.74, 6) is 2.11. The first-order valence-electron chi connectivity index (χ1n) is 7.39. The summed E-state index contributed by atoms with van der Waals surface area (Å²) in [5.41, 5.74) is 1.86. The van der Waals surface area contributed by atoms with E-state index in [1.54, 1.807) is 13.3 Å². The Hall–Kier alpha value is -2.95. The normalized spacial score (nSPS) is 15.7. The Morgan fingerprint density at radius 3 is 2.48 bits per heavy atom. The average Bonchev–Trinajstić information content (AvgIpc) is 3.19. The fourth-order valence-corrected chi connectivity index (χ4v) is 2.60. The average molecular weight is 305 g/mol. The summed E-state index contributed by atoms with van der Waals surface area (Å²) in [6.45, 7) is 1.96. The van der Waals surface area contributed by atoms with Gasteiger partial charge in [-0.3, -0.25) is 9.98 Å². The molecule has 0 saturated heterocycles. The molecule has 1 atom stereocenters. The number of hydrogen-bond donors (Lipinski definition) is 0. The second-order valence-electron chi connectivity index (χ2n) is 5.35. The highest BCUT2D eigenvalue weighted by molar-refractivity contribution is 5.61. The third kappa shape index (κ3) is 2.50. The van der Waals surface area contributed by atoms with Crippen LogP contribution in [0.3, 0.4) is 0 Å². The van der Waals surface area contributed by atoms with Crippen molar-refractivity contribution < 1.29 is 9.15 Å². The monoisotopic (exact) mass is 305 g/mol. The quantitative estimate of drug-likeness (QED) is 0.747. The molecule has 2 aromatic carbocycles. The first kappa shape index (κ1) is 13.7. The number of ether oxygens (including phenoxy) is 1. The van der Waals surface area contributed by atoms with E-state index in [4.69, 9.17) is 9.15 Å². The highest BCUT2D eigenvalue weighted by atomic mass is 16.5. The van der Waals surface area contributed by atoms with Gasteiger partial charge in [0.15, 0.2) is 5.76 Å². The van der Waals surface area contributed by atoms with Gasteiger partial charge in [0.05, 0.1) is 24.0 Å². The van der Waals surface area contributed by atoms with Gasteiger partial charge in [0.2, 0.25) is 5.89 Å². The minimum absolute atomic E-state index is 0.0142. The molecular formula is C18H15N3O2. The van der Waals surface area contributed by atoms with E-state index in [9.17, 15) is 0 Å². The molecule has 1 aliphatic heterocycles. The highest BCUT2D eigenvalue weighted by Crippen LogP contribution is 2.26. The van der Waals surface area contributed by atoms with E-state index in [2.05, 4.69) is 15.0 Å². The van der Waals surface area contributed by atoms with Crippen molar-refractivity contribution in [3.8, 4) is 28.5 Å². The van der Waals surface area contributed by atoms with Crippen LogP contribution in [-0.2, 0) is 0 Å². The van der Waals surface area contributed by atoms with Gasteiger partial charge >= 0.3 is 0 Å². The molecule has 3 aromatic rings. The van der Waals surface area contributed by atoms with Gasteiger partial charge in [-0.2, -0.15) is 0 Å². The number of oxazole rings is 1. The van der Waals surface area contributed by atoms with Crippen LogP contribution in [0.4, 0.5) is 0 Å². The second-order valence-corrected chi connectivity index (χ2v) is 5.35. The van der Waals surface area contributed by atoms with Crippen LogP contribution in [0, 0.1) is 0 Å². The molecule has 1 unspecified atom stereocenters. The minimum atomic E-state index is -0.0142. The molecule has 4 rings (SSSR count). The van der Waals surface area contributed by atoms with Crippen molar-refractivity contribution in [3.05, 3.63) is 59.4 Å². The van der Waals surface area contributed by atoms with Crippen LogP contribution in [0.2, 0.25) is 0 Å². The molecule has 0 aliphatic carbocycles. The third-order valence-electron chi connectivity index (χ3n) is 3.75. The maximum absolute atomic E-state index is 5.89. The van der Waals surface area contributed by atoms with Crippen molar-refractivity contribution in [2.45, 2.75) is 13.1 Å². The van der Waals surface area contributed by atoms with Crippen molar-refractivity contribution in [1.29, 1.82) is 0 Å². The van der Waals surface area contributed by atoms with Gasteiger partial charge in [0.1, 0.15) is 11.9 Å². The molecule has 0 bridgehead atoms. The van der Waals surface area contributed by atoms with Gasteiger partial charge in [-0.25, -0.2) is 4.98 Å². The molecule has 0 N–H and O–H groups in total. The molecule has 0 radical (unpaired) electrons. The van der Waals surface area contributed by atoms with Crippen LogP contribution in [0.5, 0.6) is 5.75 Å². The maximum atomic E-state index is 5.89. The Balaban J connectivity index is 1.70. The number of aromatic nitrogens is 1. The van der Waals surface area contributed by atoms with E-state index < -0.39 is 0 Å². The lowest BCUT2D eigenvalue weighted by Gasteiger charge is -2.00. The SMILES string of the molecule is COc1ccc(-c2cnc(-c3ccc4c(c3)=NC(C)N=4)o2)cc1. The van der Waals surface area contributed by atoms with E-state index >= 15 is 0 Å². The standard InChI is InChI=1S/C18H15N3O2/c1-11-20-15-8-5-13(9-16(15)21-11)18-19-10-17(23-18)12-3-6-14(22-2)7-4-12/h3-11H,1-2H3. The van der Waals surface area contributed by atoms with E-state index in [0.29, 0.717) is 5.89 Å². The third-order valence-corrected chi connectivity index (χ3v) is 3.75. The molecule has 0 fully saturated rings. The number of nitrogens with zero attached hydrogens (tertiary/aromatic N) is 3. The zero-order valence-corrected chi connectivity index (χ0v) is 12.9.